The van der Waals surface area contributed by atoms with Crippen LogP contribution in [0.25, 0.3) is 0 Å². The van der Waals surface area contributed by atoms with Crippen LogP contribution in [-0.2, 0) is 0 Å². The van der Waals surface area contributed by atoms with Crippen LogP contribution in [0.1, 0.15) is 16.6 Å². The van der Waals surface area contributed by atoms with Gasteiger partial charge in [0.25, 0.3) is 0 Å². The standard InChI is InChI=1S/C10H11ClN4OS/c1-16-10-8(13-3-4-14-10)7(15-12)9-6(11)2-5-17-9/h2-5,7,15H,12H2,1H3. The van der Waals surface area contributed by atoms with Crippen molar-refractivity contribution < 1.29 is 4.74 Å². The fourth-order valence-electron chi connectivity index (χ4n) is 1.48. The summed E-state index contributed by atoms with van der Waals surface area (Å²) in [7, 11) is 1.54. The third kappa shape index (κ3) is 2.39. The highest BCUT2D eigenvalue weighted by molar-refractivity contribution is 7.10. The van der Waals surface area contributed by atoms with Crippen LogP contribution in [0.5, 0.6) is 5.88 Å². The van der Waals surface area contributed by atoms with Gasteiger partial charge >= 0.3 is 0 Å². The quantitative estimate of drug-likeness (QED) is 0.654. The van der Waals surface area contributed by atoms with E-state index in [1.165, 1.54) is 18.4 Å². The lowest BCUT2D eigenvalue weighted by Gasteiger charge is -2.16. The maximum Gasteiger partial charge on any atom is 0.237 e. The van der Waals surface area contributed by atoms with E-state index in [2.05, 4.69) is 15.4 Å². The Balaban J connectivity index is 2.46. The fourth-order valence-corrected chi connectivity index (χ4v) is 2.71. The minimum absolute atomic E-state index is 0.328. The second-order valence-electron chi connectivity index (χ2n) is 3.18. The van der Waals surface area contributed by atoms with Crippen molar-refractivity contribution in [3.63, 3.8) is 0 Å². The smallest absolute Gasteiger partial charge is 0.237 e. The van der Waals surface area contributed by atoms with Gasteiger partial charge in [-0.2, -0.15) is 0 Å². The Morgan fingerprint density at radius 2 is 2.24 bits per heavy atom. The topological polar surface area (TPSA) is 73.1 Å². The molecule has 0 fully saturated rings. The molecular formula is C10H11ClN4OS. The number of thiophene rings is 1. The molecule has 5 nitrogen and oxygen atoms in total. The van der Waals surface area contributed by atoms with Gasteiger partial charge in [0, 0.05) is 17.3 Å². The molecule has 0 aliphatic heterocycles. The Labute approximate surface area is 108 Å². The van der Waals surface area contributed by atoms with Crippen molar-refractivity contribution in [1.82, 2.24) is 15.4 Å². The average molecular weight is 271 g/mol. The van der Waals surface area contributed by atoms with E-state index in [9.17, 15) is 0 Å². The molecule has 7 heteroatoms. The molecule has 1 atom stereocenters. The molecule has 17 heavy (non-hydrogen) atoms. The van der Waals surface area contributed by atoms with Crippen molar-refractivity contribution in [2.75, 3.05) is 7.11 Å². The maximum atomic E-state index is 6.08. The normalized spacial score (nSPS) is 12.4. The van der Waals surface area contributed by atoms with Crippen LogP contribution in [0.4, 0.5) is 0 Å². The lowest BCUT2D eigenvalue weighted by Crippen LogP contribution is -2.29. The number of nitrogens with one attached hydrogen (secondary N) is 1. The first-order chi connectivity index (χ1) is 8.27. The fraction of sp³-hybridized carbons (Fsp3) is 0.200. The highest BCUT2D eigenvalue weighted by Gasteiger charge is 2.22. The highest BCUT2D eigenvalue weighted by atomic mass is 35.5. The van der Waals surface area contributed by atoms with E-state index in [-0.39, 0.29) is 6.04 Å². The van der Waals surface area contributed by atoms with E-state index < -0.39 is 0 Å². The lowest BCUT2D eigenvalue weighted by molar-refractivity contribution is 0.383. The van der Waals surface area contributed by atoms with Crippen molar-refractivity contribution in [2.45, 2.75) is 6.04 Å². The van der Waals surface area contributed by atoms with Crippen molar-refractivity contribution >= 4 is 22.9 Å². The van der Waals surface area contributed by atoms with Crippen LogP contribution >= 0.6 is 22.9 Å². The van der Waals surface area contributed by atoms with Crippen LogP contribution in [0.2, 0.25) is 5.02 Å². The predicted molar refractivity (Wildman–Crippen MR) is 67.1 cm³/mol. The molecule has 0 spiro atoms. The molecule has 0 radical (unpaired) electrons. The largest absolute Gasteiger partial charge is 0.480 e. The summed E-state index contributed by atoms with van der Waals surface area (Å²) in [5.74, 6) is 5.99. The van der Waals surface area contributed by atoms with E-state index in [1.54, 1.807) is 12.4 Å². The minimum atomic E-state index is -0.328. The number of nitrogens with two attached hydrogens (primary N) is 1. The zero-order valence-electron chi connectivity index (χ0n) is 9.05. The van der Waals surface area contributed by atoms with E-state index in [4.69, 9.17) is 22.2 Å². The molecule has 0 amide bonds. The molecule has 0 aliphatic rings. The number of hydrazine groups is 1. The first-order valence-corrected chi connectivity index (χ1v) is 6.07. The number of aromatic nitrogens is 2. The van der Waals surface area contributed by atoms with Gasteiger partial charge in [0.1, 0.15) is 11.7 Å². The number of hydrogen-bond donors (Lipinski definition) is 2. The van der Waals surface area contributed by atoms with Crippen LogP contribution in [-0.4, -0.2) is 17.1 Å². The Morgan fingerprint density at radius 3 is 2.82 bits per heavy atom. The van der Waals surface area contributed by atoms with Crippen LogP contribution in [0.15, 0.2) is 23.8 Å². The summed E-state index contributed by atoms with van der Waals surface area (Å²) in [5, 5.41) is 2.54. The average Bonchev–Trinajstić information content (AvgIpc) is 2.78. The molecule has 0 saturated heterocycles. The SMILES string of the molecule is COc1nccnc1C(NN)c1sccc1Cl. The number of ether oxygens (including phenoxy) is 1. The van der Waals surface area contributed by atoms with Crippen LogP contribution < -0.4 is 16.0 Å². The summed E-state index contributed by atoms with van der Waals surface area (Å²) in [5.41, 5.74) is 3.29. The summed E-state index contributed by atoms with van der Waals surface area (Å²) in [4.78, 5) is 9.21. The molecule has 0 saturated carbocycles. The van der Waals surface area contributed by atoms with Gasteiger partial charge in [-0.25, -0.2) is 10.4 Å². The first-order valence-electron chi connectivity index (χ1n) is 4.81. The first kappa shape index (κ1) is 12.3. The number of nitrogens with zero attached hydrogens (tertiary/aromatic N) is 2. The molecule has 2 heterocycles. The number of methoxy groups -OCH3 is 1. The maximum absolute atomic E-state index is 6.08. The molecule has 2 rings (SSSR count). The van der Waals surface area contributed by atoms with Crippen LogP contribution in [0, 0.1) is 0 Å². The van der Waals surface area contributed by atoms with Gasteiger partial charge in [0.15, 0.2) is 0 Å². The molecule has 2 aromatic heterocycles. The predicted octanol–water partition coefficient (Wildman–Crippen LogP) is 1.75. The summed E-state index contributed by atoms with van der Waals surface area (Å²) in [6.07, 6.45) is 3.15. The molecule has 90 valence electrons. The van der Waals surface area contributed by atoms with Gasteiger partial charge in [-0.3, -0.25) is 10.8 Å². The highest BCUT2D eigenvalue weighted by Crippen LogP contribution is 2.34. The summed E-state index contributed by atoms with van der Waals surface area (Å²) in [6.45, 7) is 0. The molecule has 0 bridgehead atoms. The van der Waals surface area contributed by atoms with E-state index in [1.807, 2.05) is 11.4 Å². The van der Waals surface area contributed by atoms with Gasteiger partial charge in [0.05, 0.1) is 12.1 Å². The van der Waals surface area contributed by atoms with E-state index in [0.717, 1.165) is 4.88 Å². The molecule has 3 N–H and O–H groups in total. The minimum Gasteiger partial charge on any atom is -0.480 e. The van der Waals surface area contributed by atoms with E-state index in [0.29, 0.717) is 16.6 Å². The van der Waals surface area contributed by atoms with Gasteiger partial charge < -0.3 is 4.74 Å². The van der Waals surface area contributed by atoms with Crippen molar-refractivity contribution in [3.8, 4) is 5.88 Å². The Morgan fingerprint density at radius 1 is 1.47 bits per heavy atom. The molecule has 0 aliphatic carbocycles. The number of rotatable bonds is 4. The second-order valence-corrected chi connectivity index (χ2v) is 4.54. The Bertz CT molecular complexity index is 505. The van der Waals surface area contributed by atoms with Gasteiger partial charge in [-0.05, 0) is 11.4 Å². The third-order valence-corrected chi connectivity index (χ3v) is 3.65. The molecular weight excluding hydrogens is 260 g/mol. The van der Waals surface area contributed by atoms with Crippen molar-refractivity contribution in [2.24, 2.45) is 5.84 Å². The summed E-state index contributed by atoms with van der Waals surface area (Å²) in [6, 6.07) is 1.49. The van der Waals surface area contributed by atoms with Gasteiger partial charge in [0.2, 0.25) is 5.88 Å². The molecule has 0 aromatic carbocycles. The monoisotopic (exact) mass is 270 g/mol. The Kier molecular flexibility index (Phi) is 3.90. The molecule has 1 unspecified atom stereocenters. The Hall–Kier alpha value is -1.21. The van der Waals surface area contributed by atoms with Gasteiger partial charge in [-0.15, -0.1) is 11.3 Å². The zero-order valence-corrected chi connectivity index (χ0v) is 10.6. The van der Waals surface area contributed by atoms with Gasteiger partial charge in [-0.1, -0.05) is 11.6 Å². The van der Waals surface area contributed by atoms with Crippen molar-refractivity contribution in [1.29, 1.82) is 0 Å². The summed E-state index contributed by atoms with van der Waals surface area (Å²) < 4.78 is 5.16. The molecule has 2 aromatic rings. The zero-order chi connectivity index (χ0) is 12.3. The van der Waals surface area contributed by atoms with E-state index >= 15 is 0 Å². The number of halogens is 1. The second kappa shape index (κ2) is 5.42. The third-order valence-electron chi connectivity index (χ3n) is 2.23. The van der Waals surface area contributed by atoms with Crippen LogP contribution in [0.3, 0.4) is 0 Å². The summed E-state index contributed by atoms with van der Waals surface area (Å²) >= 11 is 7.58. The van der Waals surface area contributed by atoms with Crippen molar-refractivity contribution in [3.05, 3.63) is 39.4 Å². The number of hydrogen-bond acceptors (Lipinski definition) is 6. The lowest BCUT2D eigenvalue weighted by atomic mass is 10.2.